The predicted octanol–water partition coefficient (Wildman–Crippen LogP) is 3.97. The lowest BCUT2D eigenvalue weighted by molar-refractivity contribution is 0.0749. The van der Waals surface area contributed by atoms with Crippen molar-refractivity contribution in [2.24, 2.45) is 4.99 Å². The highest BCUT2D eigenvalue weighted by Gasteiger charge is 2.36. The number of amides is 2. The minimum atomic E-state index is -0.564. The molecule has 0 unspecified atom stereocenters. The molecule has 3 heterocycles. The number of ether oxygens (including phenoxy) is 2. The lowest BCUT2D eigenvalue weighted by atomic mass is 10.1. The van der Waals surface area contributed by atoms with E-state index >= 15 is 0 Å². The summed E-state index contributed by atoms with van der Waals surface area (Å²) in [6.45, 7) is 0.264. The van der Waals surface area contributed by atoms with Crippen LogP contribution in [0.4, 0.5) is 5.69 Å². The summed E-state index contributed by atoms with van der Waals surface area (Å²) in [5, 5.41) is 14.5. The van der Waals surface area contributed by atoms with Crippen LogP contribution in [0.3, 0.4) is 0 Å². The lowest BCUT2D eigenvalue weighted by Crippen LogP contribution is -2.35. The van der Waals surface area contributed by atoms with Crippen molar-refractivity contribution < 1.29 is 24.2 Å². The molecule has 2 aliphatic rings. The first-order chi connectivity index (χ1) is 18.5. The molecule has 190 valence electrons. The fourth-order valence-electron chi connectivity index (χ4n) is 4.90. The maximum absolute atomic E-state index is 13.1. The van der Waals surface area contributed by atoms with Crippen LogP contribution in [-0.2, 0) is 0 Å². The number of nitrogens with one attached hydrogen (secondary N) is 1. The van der Waals surface area contributed by atoms with Crippen LogP contribution in [0.2, 0.25) is 0 Å². The molecule has 2 atom stereocenters. The number of benzene rings is 3. The highest BCUT2D eigenvalue weighted by Crippen LogP contribution is 2.38. The Kier molecular flexibility index (Phi) is 5.97. The molecule has 0 radical (unpaired) electrons. The molecule has 1 saturated heterocycles. The molecule has 6 rings (SSSR count). The number of methoxy groups -OCH3 is 1. The molecule has 3 aromatic carbocycles. The first-order valence-electron chi connectivity index (χ1n) is 12.2. The molecule has 4 aromatic rings. The van der Waals surface area contributed by atoms with E-state index in [1.807, 2.05) is 42.5 Å². The third-order valence-corrected chi connectivity index (χ3v) is 6.75. The van der Waals surface area contributed by atoms with Gasteiger partial charge in [0.05, 0.1) is 47.1 Å². The summed E-state index contributed by atoms with van der Waals surface area (Å²) < 4.78 is 11.2. The number of carbonyl (C=O) groups is 2. The molecule has 9 nitrogen and oxygen atoms in total. The highest BCUT2D eigenvalue weighted by atomic mass is 16.5. The van der Waals surface area contributed by atoms with E-state index in [0.717, 1.165) is 16.3 Å². The van der Waals surface area contributed by atoms with E-state index in [0.29, 0.717) is 40.3 Å². The van der Waals surface area contributed by atoms with Gasteiger partial charge in [-0.15, -0.1) is 0 Å². The molecule has 1 fully saturated rings. The van der Waals surface area contributed by atoms with Gasteiger partial charge >= 0.3 is 0 Å². The van der Waals surface area contributed by atoms with Gasteiger partial charge in [-0.05, 0) is 24.3 Å². The van der Waals surface area contributed by atoms with Gasteiger partial charge < -0.3 is 24.8 Å². The normalized spacial score (nSPS) is 18.5. The summed E-state index contributed by atoms with van der Waals surface area (Å²) in [5.41, 5.74) is 2.68. The number of fused-ring (bicyclic) bond motifs is 4. The standard InChI is InChI=1S/C29H24N4O5/c1-37-25-13-22-24(31-15-19-12-20(34)16-33(19)29(22)36)14-26(25)38-10-9-30-28(35)21-7-4-6-18-11-17-5-2-3-8-23(17)32-27(18)21/h2-11,13-15,19-20,34H,12,16H2,1H3,(H,30,35)/b10-9+/t19-,20+/m0/s1. The molecule has 38 heavy (non-hydrogen) atoms. The van der Waals surface area contributed by atoms with Crippen LogP contribution in [0.1, 0.15) is 27.1 Å². The third-order valence-electron chi connectivity index (χ3n) is 6.75. The number of aliphatic hydroxyl groups is 1. The fourth-order valence-corrected chi connectivity index (χ4v) is 4.90. The number of hydrogen-bond acceptors (Lipinski definition) is 7. The van der Waals surface area contributed by atoms with Crippen molar-refractivity contribution in [2.75, 3.05) is 13.7 Å². The van der Waals surface area contributed by atoms with E-state index in [2.05, 4.69) is 15.3 Å². The van der Waals surface area contributed by atoms with Gasteiger partial charge in [0.1, 0.15) is 6.26 Å². The number of aliphatic hydroxyl groups excluding tert-OH is 1. The summed E-state index contributed by atoms with van der Waals surface area (Å²) in [7, 11) is 1.48. The molecule has 0 aliphatic carbocycles. The zero-order valence-electron chi connectivity index (χ0n) is 20.5. The molecular formula is C29H24N4O5. The second kappa shape index (κ2) is 9.60. The minimum absolute atomic E-state index is 0.219. The van der Waals surface area contributed by atoms with Crippen molar-refractivity contribution >= 4 is 45.5 Å². The van der Waals surface area contributed by atoms with Gasteiger partial charge in [-0.3, -0.25) is 14.6 Å². The summed E-state index contributed by atoms with van der Waals surface area (Å²) in [6.07, 6.45) is 4.28. The van der Waals surface area contributed by atoms with Crippen molar-refractivity contribution in [2.45, 2.75) is 18.6 Å². The second-order valence-electron chi connectivity index (χ2n) is 9.17. The van der Waals surface area contributed by atoms with E-state index in [4.69, 9.17) is 9.47 Å². The van der Waals surface area contributed by atoms with Gasteiger partial charge in [-0.1, -0.05) is 30.3 Å². The first kappa shape index (κ1) is 23.6. The smallest absolute Gasteiger partial charge is 0.257 e. The monoisotopic (exact) mass is 508 g/mol. The van der Waals surface area contributed by atoms with E-state index in [1.54, 1.807) is 29.3 Å². The lowest BCUT2D eigenvalue weighted by Gasteiger charge is -2.20. The number of pyridine rings is 1. The number of carbonyl (C=O) groups excluding carboxylic acids is 2. The van der Waals surface area contributed by atoms with Crippen molar-refractivity contribution in [3.05, 3.63) is 84.3 Å². The summed E-state index contributed by atoms with van der Waals surface area (Å²) in [4.78, 5) is 36.8. The van der Waals surface area contributed by atoms with Gasteiger partial charge in [0.25, 0.3) is 11.8 Å². The number of aliphatic imine (C=N–C) groups is 1. The Labute approximate surface area is 218 Å². The van der Waals surface area contributed by atoms with Crippen LogP contribution >= 0.6 is 0 Å². The Balaban J connectivity index is 1.21. The highest BCUT2D eigenvalue weighted by molar-refractivity contribution is 6.08. The molecule has 2 N–H and O–H groups in total. The van der Waals surface area contributed by atoms with Crippen molar-refractivity contribution in [1.82, 2.24) is 15.2 Å². The zero-order valence-corrected chi connectivity index (χ0v) is 20.5. The molecule has 2 amide bonds. The Morgan fingerprint density at radius 1 is 1.11 bits per heavy atom. The van der Waals surface area contributed by atoms with Crippen molar-refractivity contribution in [3.8, 4) is 11.5 Å². The number of hydrogen-bond donors (Lipinski definition) is 2. The summed E-state index contributed by atoms with van der Waals surface area (Å²) in [5.74, 6) is 0.127. The van der Waals surface area contributed by atoms with Crippen LogP contribution in [0.15, 0.2) is 78.1 Å². The quantitative estimate of drug-likeness (QED) is 0.312. The molecule has 0 spiro atoms. The maximum Gasteiger partial charge on any atom is 0.257 e. The summed E-state index contributed by atoms with van der Waals surface area (Å²) in [6, 6.07) is 18.2. The Morgan fingerprint density at radius 3 is 2.82 bits per heavy atom. The molecule has 0 saturated carbocycles. The average molecular weight is 509 g/mol. The third kappa shape index (κ3) is 4.22. The largest absolute Gasteiger partial charge is 0.493 e. The molecule has 2 aliphatic heterocycles. The van der Waals surface area contributed by atoms with Gasteiger partial charge in [0, 0.05) is 42.2 Å². The fraction of sp³-hybridized carbons (Fsp3) is 0.172. The number of rotatable bonds is 5. The predicted molar refractivity (Wildman–Crippen MR) is 143 cm³/mol. The maximum atomic E-state index is 13.1. The first-order valence-corrected chi connectivity index (χ1v) is 12.2. The van der Waals surface area contributed by atoms with Crippen LogP contribution in [0.5, 0.6) is 11.5 Å². The van der Waals surface area contributed by atoms with Gasteiger partial charge in [-0.2, -0.15) is 0 Å². The van der Waals surface area contributed by atoms with E-state index in [1.165, 1.54) is 19.6 Å². The number of nitrogens with zero attached hydrogens (tertiary/aromatic N) is 3. The van der Waals surface area contributed by atoms with Crippen LogP contribution in [0.25, 0.3) is 21.8 Å². The molecule has 1 aromatic heterocycles. The van der Waals surface area contributed by atoms with Gasteiger partial charge in [0.2, 0.25) is 0 Å². The molecular weight excluding hydrogens is 484 g/mol. The van der Waals surface area contributed by atoms with E-state index < -0.39 is 6.10 Å². The average Bonchev–Trinajstić information content (AvgIpc) is 3.27. The van der Waals surface area contributed by atoms with Gasteiger partial charge in [0.15, 0.2) is 11.5 Å². The van der Waals surface area contributed by atoms with Crippen molar-refractivity contribution in [1.29, 1.82) is 0 Å². The molecule has 9 heteroatoms. The van der Waals surface area contributed by atoms with Crippen LogP contribution in [-0.4, -0.2) is 58.8 Å². The SMILES string of the molecule is COc1cc2c(cc1O/C=C/NC(=O)c1cccc3cc4ccccc4nc13)N=C[C@@H]1C[C@@H](O)CN1C2=O. The second-order valence-corrected chi connectivity index (χ2v) is 9.17. The van der Waals surface area contributed by atoms with Crippen LogP contribution < -0.4 is 14.8 Å². The topological polar surface area (TPSA) is 113 Å². The zero-order chi connectivity index (χ0) is 26.2. The molecule has 0 bridgehead atoms. The number of para-hydroxylation sites is 2. The van der Waals surface area contributed by atoms with E-state index in [9.17, 15) is 14.7 Å². The van der Waals surface area contributed by atoms with Crippen molar-refractivity contribution in [3.63, 3.8) is 0 Å². The van der Waals surface area contributed by atoms with E-state index in [-0.39, 0.29) is 24.4 Å². The van der Waals surface area contributed by atoms with Gasteiger partial charge in [-0.25, -0.2) is 4.98 Å². The van der Waals surface area contributed by atoms with Crippen LogP contribution in [0, 0.1) is 0 Å². The summed E-state index contributed by atoms with van der Waals surface area (Å²) >= 11 is 0. The minimum Gasteiger partial charge on any atom is -0.493 e. The Morgan fingerprint density at radius 2 is 1.95 bits per heavy atom. The Bertz CT molecular complexity index is 1650. The Hall–Kier alpha value is -4.76. The number of aromatic nitrogens is 1.